The minimum Gasteiger partial charge on any atom is -0.507 e. The van der Waals surface area contributed by atoms with Crippen LogP contribution in [0.1, 0.15) is 42.9 Å². The molecule has 192 valence electrons. The molecule has 1 atom stereocenters. The Kier molecular flexibility index (Phi) is 6.32. The molecule has 1 aliphatic carbocycles. The van der Waals surface area contributed by atoms with Crippen LogP contribution in [0.2, 0.25) is 0 Å². The summed E-state index contributed by atoms with van der Waals surface area (Å²) in [6.07, 6.45) is 4.69. The number of nitrogens with one attached hydrogen (secondary N) is 1. The van der Waals surface area contributed by atoms with E-state index in [2.05, 4.69) is 24.4 Å². The first-order valence-corrected chi connectivity index (χ1v) is 12.2. The van der Waals surface area contributed by atoms with Gasteiger partial charge in [0.25, 0.3) is 5.91 Å². The van der Waals surface area contributed by atoms with E-state index in [4.69, 9.17) is 0 Å². The largest absolute Gasteiger partial charge is 0.507 e. The Morgan fingerprint density at radius 3 is 2.50 bits per heavy atom. The smallest absolute Gasteiger partial charge is 0.335 e. The quantitative estimate of drug-likeness (QED) is 0.380. The van der Waals surface area contributed by atoms with Gasteiger partial charge < -0.3 is 10.2 Å². The number of fused-ring (bicyclic) bond motifs is 1. The number of amides is 1. The van der Waals surface area contributed by atoms with E-state index in [-0.39, 0.29) is 23.4 Å². The van der Waals surface area contributed by atoms with Gasteiger partial charge in [-0.2, -0.15) is 5.10 Å². The molecule has 38 heavy (non-hydrogen) atoms. The van der Waals surface area contributed by atoms with Crippen LogP contribution in [-0.2, 0) is 9.59 Å². The molecule has 0 aromatic heterocycles. The van der Waals surface area contributed by atoms with E-state index in [1.165, 1.54) is 35.2 Å². The van der Waals surface area contributed by atoms with Crippen LogP contribution in [0.15, 0.2) is 90.1 Å². The Balaban J connectivity index is 1.51. The molecule has 3 aromatic rings. The van der Waals surface area contributed by atoms with Gasteiger partial charge in [0.15, 0.2) is 11.3 Å². The number of carboxylic acids is 1. The Hall–Kier alpha value is -4.72. The lowest BCUT2D eigenvalue weighted by Crippen LogP contribution is -2.49. The van der Waals surface area contributed by atoms with Crippen LogP contribution < -0.4 is 10.3 Å². The topological polar surface area (TPSA) is 102 Å². The minimum atomic E-state index is -1.69. The van der Waals surface area contributed by atoms with E-state index in [9.17, 15) is 24.2 Å². The summed E-state index contributed by atoms with van der Waals surface area (Å²) in [4.78, 5) is 27.5. The lowest BCUT2D eigenvalue weighted by atomic mass is 9.84. The zero-order valence-corrected chi connectivity index (χ0v) is 20.9. The molecule has 1 aliphatic heterocycles. The summed E-state index contributed by atoms with van der Waals surface area (Å²) >= 11 is 0. The summed E-state index contributed by atoms with van der Waals surface area (Å²) in [6, 6.07) is 18.1. The molecule has 0 saturated heterocycles. The van der Waals surface area contributed by atoms with Gasteiger partial charge in [-0.1, -0.05) is 56.3 Å². The fraction of sp³-hybridized carbons (Fsp3) is 0.167. The third-order valence-electron chi connectivity index (χ3n) is 6.82. The van der Waals surface area contributed by atoms with Crippen molar-refractivity contribution >= 4 is 34.5 Å². The zero-order valence-electron chi connectivity index (χ0n) is 20.9. The highest BCUT2D eigenvalue weighted by molar-refractivity contribution is 6.55. The SMILES string of the molecule is CC(C)c1ccc(N2C(=O)/C(=N\NC3(C(=O)O)C=CC=C(c4ccccc4O)C3)c3cc(F)ccc32)cc1. The number of carbonyl (C=O) groups excluding carboxylic acids is 1. The van der Waals surface area contributed by atoms with Gasteiger partial charge >= 0.3 is 5.97 Å². The molecule has 8 heteroatoms. The van der Waals surface area contributed by atoms with Crippen molar-refractivity contribution in [1.82, 2.24) is 5.43 Å². The Bertz CT molecular complexity index is 1520. The summed E-state index contributed by atoms with van der Waals surface area (Å²) in [5.74, 6) is -1.93. The fourth-order valence-corrected chi connectivity index (χ4v) is 4.70. The number of carbonyl (C=O) groups is 2. The second kappa shape index (κ2) is 9.63. The van der Waals surface area contributed by atoms with Gasteiger partial charge in [-0.25, -0.2) is 9.18 Å². The number of halogens is 1. The number of nitrogens with zero attached hydrogens (tertiary/aromatic N) is 2. The van der Waals surface area contributed by atoms with Gasteiger partial charge in [-0.15, -0.1) is 0 Å². The van der Waals surface area contributed by atoms with E-state index in [0.29, 0.717) is 28.4 Å². The number of phenols is 1. The molecule has 0 saturated carbocycles. The number of rotatable bonds is 6. The van der Waals surface area contributed by atoms with Crippen molar-refractivity contribution in [3.63, 3.8) is 0 Å². The summed E-state index contributed by atoms with van der Waals surface area (Å²) in [5, 5.41) is 24.7. The van der Waals surface area contributed by atoms with Gasteiger partial charge in [-0.05, 0) is 59.5 Å². The van der Waals surface area contributed by atoms with Crippen LogP contribution in [0.4, 0.5) is 15.8 Å². The molecule has 0 radical (unpaired) electrons. The molecule has 1 amide bonds. The Morgan fingerprint density at radius 2 is 1.82 bits per heavy atom. The van der Waals surface area contributed by atoms with Crippen molar-refractivity contribution in [2.45, 2.75) is 31.7 Å². The molecule has 2 aliphatic rings. The van der Waals surface area contributed by atoms with Gasteiger partial charge in [0.2, 0.25) is 0 Å². The van der Waals surface area contributed by atoms with Crippen molar-refractivity contribution in [3.05, 3.63) is 107 Å². The van der Waals surface area contributed by atoms with E-state index in [1.807, 2.05) is 24.3 Å². The highest BCUT2D eigenvalue weighted by Crippen LogP contribution is 2.38. The number of phenolic OH excluding ortho intramolecular Hbond substituents is 1. The van der Waals surface area contributed by atoms with E-state index >= 15 is 0 Å². The first kappa shape index (κ1) is 25.0. The summed E-state index contributed by atoms with van der Waals surface area (Å²) in [5.41, 5.74) is 4.38. The maximum atomic E-state index is 14.3. The molecule has 7 nitrogen and oxygen atoms in total. The predicted octanol–water partition coefficient (Wildman–Crippen LogP) is 5.49. The van der Waals surface area contributed by atoms with E-state index < -0.39 is 23.2 Å². The summed E-state index contributed by atoms with van der Waals surface area (Å²) in [6.45, 7) is 4.14. The molecule has 3 N–H and O–H groups in total. The number of para-hydroxylation sites is 1. The standard InChI is InChI=1S/C30H26FN3O4/c1-18(2)19-9-12-22(13-10-19)34-25-14-11-21(31)16-24(25)27(28(34)36)32-33-30(29(37)38)15-5-6-20(17-30)23-7-3-4-8-26(23)35/h3-16,18,33,35H,17H2,1-2H3,(H,37,38)/b32-27-. The minimum absolute atomic E-state index is 0.0224. The second-order valence-electron chi connectivity index (χ2n) is 9.64. The summed E-state index contributed by atoms with van der Waals surface area (Å²) < 4.78 is 14.3. The number of carboxylic acid groups (broad SMARTS) is 1. The molecular weight excluding hydrogens is 485 g/mol. The predicted molar refractivity (Wildman–Crippen MR) is 144 cm³/mol. The lowest BCUT2D eigenvalue weighted by molar-refractivity contribution is -0.142. The maximum Gasteiger partial charge on any atom is 0.335 e. The number of aliphatic carboxylic acids is 1. The second-order valence-corrected chi connectivity index (χ2v) is 9.64. The number of hydrogen-bond acceptors (Lipinski definition) is 5. The summed E-state index contributed by atoms with van der Waals surface area (Å²) in [7, 11) is 0. The first-order valence-electron chi connectivity index (χ1n) is 12.2. The molecule has 0 fully saturated rings. The number of hydrogen-bond donors (Lipinski definition) is 3. The van der Waals surface area contributed by atoms with Crippen LogP contribution in [-0.4, -0.2) is 33.3 Å². The monoisotopic (exact) mass is 511 g/mol. The van der Waals surface area contributed by atoms with Crippen LogP contribution >= 0.6 is 0 Å². The van der Waals surface area contributed by atoms with Crippen LogP contribution in [0, 0.1) is 5.82 Å². The van der Waals surface area contributed by atoms with Crippen molar-refractivity contribution < 1.29 is 24.2 Å². The zero-order chi connectivity index (χ0) is 27.0. The Labute approximate surface area is 219 Å². The van der Waals surface area contributed by atoms with Crippen molar-refractivity contribution in [3.8, 4) is 5.75 Å². The van der Waals surface area contributed by atoms with E-state index in [1.54, 1.807) is 30.4 Å². The van der Waals surface area contributed by atoms with Crippen molar-refractivity contribution in [1.29, 1.82) is 0 Å². The molecule has 1 heterocycles. The first-order chi connectivity index (χ1) is 18.2. The highest BCUT2D eigenvalue weighted by Gasteiger charge is 2.41. The van der Waals surface area contributed by atoms with Gasteiger partial charge in [0.1, 0.15) is 11.6 Å². The maximum absolute atomic E-state index is 14.3. The van der Waals surface area contributed by atoms with Crippen LogP contribution in [0.5, 0.6) is 5.75 Å². The number of anilines is 2. The third-order valence-corrected chi connectivity index (χ3v) is 6.82. The van der Waals surface area contributed by atoms with E-state index in [0.717, 1.165) is 5.56 Å². The van der Waals surface area contributed by atoms with Gasteiger partial charge in [-0.3, -0.25) is 15.1 Å². The number of benzene rings is 3. The number of hydrazone groups is 1. The molecule has 1 unspecified atom stereocenters. The van der Waals surface area contributed by atoms with Crippen LogP contribution in [0.25, 0.3) is 5.57 Å². The van der Waals surface area contributed by atoms with Gasteiger partial charge in [0, 0.05) is 23.2 Å². The van der Waals surface area contributed by atoms with Crippen molar-refractivity contribution in [2.75, 3.05) is 4.90 Å². The third kappa shape index (κ3) is 4.34. The fourth-order valence-electron chi connectivity index (χ4n) is 4.70. The van der Waals surface area contributed by atoms with Crippen LogP contribution in [0.3, 0.4) is 0 Å². The normalized spacial score (nSPS) is 19.6. The average Bonchev–Trinajstić information content (AvgIpc) is 3.18. The Morgan fingerprint density at radius 1 is 1.08 bits per heavy atom. The molecule has 0 bridgehead atoms. The number of aromatic hydroxyl groups is 1. The molecule has 0 spiro atoms. The lowest BCUT2D eigenvalue weighted by Gasteiger charge is -2.29. The molecule has 5 rings (SSSR count). The van der Waals surface area contributed by atoms with Gasteiger partial charge in [0.05, 0.1) is 5.69 Å². The number of allylic oxidation sites excluding steroid dienone is 2. The molecule has 3 aromatic carbocycles. The van der Waals surface area contributed by atoms with Crippen molar-refractivity contribution in [2.24, 2.45) is 5.10 Å². The highest BCUT2D eigenvalue weighted by atomic mass is 19.1. The molecular formula is C30H26FN3O4. The average molecular weight is 512 g/mol.